The van der Waals surface area contributed by atoms with Crippen LogP contribution in [0.5, 0.6) is 0 Å². The van der Waals surface area contributed by atoms with Crippen LogP contribution in [-0.4, -0.2) is 11.0 Å². The van der Waals surface area contributed by atoms with Crippen LogP contribution in [0.4, 0.5) is 0 Å². The van der Waals surface area contributed by atoms with E-state index in [0.717, 1.165) is 0 Å². The standard InChI is InChI=1S/2BrO3.Cd.2H2O/c2*2-1(3)4;;;/h;;;2*1H2/q2*-1;+2;;. The first-order chi connectivity index (χ1) is 3.46. The van der Waals surface area contributed by atoms with Crippen LogP contribution in [0.2, 0.25) is 0 Å². The summed E-state index contributed by atoms with van der Waals surface area (Å²) >= 11 is -7.29. The zero-order valence-electron chi connectivity index (χ0n) is 4.91. The van der Waals surface area contributed by atoms with Crippen molar-refractivity contribution in [3.8, 4) is 0 Å². The molecule has 0 aliphatic heterocycles. The first-order valence-corrected chi connectivity index (χ1v) is 4.81. The van der Waals surface area contributed by atoms with Gasteiger partial charge in [-0.05, 0) is 0 Å². The van der Waals surface area contributed by atoms with E-state index in [4.69, 9.17) is 25.2 Å². The van der Waals surface area contributed by atoms with Gasteiger partial charge in [0.05, 0.1) is 0 Å². The molecule has 0 aliphatic carbocycles. The second-order valence-corrected chi connectivity index (χ2v) is 1.96. The predicted octanol–water partition coefficient (Wildman–Crippen LogP) is -8.79. The smallest absolute Gasteiger partial charge is 0.412 e. The maximum absolute atomic E-state index is 8.52. The molecule has 0 aromatic heterocycles. The van der Waals surface area contributed by atoms with Gasteiger partial charge in [0.1, 0.15) is 0 Å². The molecule has 0 aromatic rings. The van der Waals surface area contributed by atoms with Gasteiger partial charge in [0.15, 0.2) is 0 Å². The Morgan fingerprint density at radius 1 is 0.545 bits per heavy atom. The monoisotopic (exact) mass is 404 g/mol. The third-order valence-corrected chi connectivity index (χ3v) is 0. The van der Waals surface area contributed by atoms with E-state index in [0.29, 0.717) is 0 Å². The first kappa shape index (κ1) is 29.4. The van der Waals surface area contributed by atoms with Gasteiger partial charge in [0.25, 0.3) is 0 Å². The van der Waals surface area contributed by atoms with Gasteiger partial charge in [0.2, 0.25) is 29.6 Å². The molecule has 0 radical (unpaired) electrons. The molecule has 0 amide bonds. The Morgan fingerprint density at radius 2 is 0.545 bits per heavy atom. The molecule has 8 nitrogen and oxygen atoms in total. The van der Waals surface area contributed by atoms with E-state index in [1.165, 1.54) is 0 Å². The molecule has 0 fully saturated rings. The van der Waals surface area contributed by atoms with E-state index >= 15 is 0 Å². The van der Waals surface area contributed by atoms with Crippen LogP contribution in [-0.2, 0) is 27.3 Å². The fourth-order valence-electron chi connectivity index (χ4n) is 0. The van der Waals surface area contributed by atoms with Crippen molar-refractivity contribution in [2.45, 2.75) is 0 Å². The summed E-state index contributed by atoms with van der Waals surface area (Å²) in [7, 11) is 0. The average Bonchev–Trinajstić information content (AvgIpc) is 1.25. The molecular formula is H4Br2CdO8. The Balaban J connectivity index is -0.0000000171. The molecule has 11 heavy (non-hydrogen) atoms. The second-order valence-electron chi connectivity index (χ2n) is 0.378. The normalized spacial score (nSPS) is 6.55. The summed E-state index contributed by atoms with van der Waals surface area (Å²) in [6.07, 6.45) is 0. The third kappa shape index (κ3) is 433. The van der Waals surface area contributed by atoms with Gasteiger partial charge >= 0.3 is 27.3 Å². The minimum absolute atomic E-state index is 0. The molecule has 0 unspecified atom stereocenters. The Kier molecular flexibility index (Phi) is 60.2. The SMILES string of the molecule is O.O.[Cd+2].[O-][Br+2]([O-])[O-].[O-][Br+2]([O-])[O-]. The Morgan fingerprint density at radius 3 is 0.545 bits per heavy atom. The Labute approximate surface area is 92.5 Å². The van der Waals surface area contributed by atoms with Gasteiger partial charge in [-0.1, -0.05) is 0 Å². The van der Waals surface area contributed by atoms with Crippen LogP contribution in [0.1, 0.15) is 0 Å². The molecule has 0 heterocycles. The summed E-state index contributed by atoms with van der Waals surface area (Å²) in [4.78, 5) is 0. The van der Waals surface area contributed by atoms with Gasteiger partial charge in [-0.15, -0.1) is 0 Å². The molecule has 4 N–H and O–H groups in total. The van der Waals surface area contributed by atoms with E-state index in [-0.39, 0.29) is 38.3 Å². The zero-order valence-corrected chi connectivity index (χ0v) is 12.1. The molecular weight excluding hydrogens is 400 g/mol. The summed E-state index contributed by atoms with van der Waals surface area (Å²) in [6.45, 7) is 0. The number of halogens is 2. The van der Waals surface area contributed by atoms with Crippen molar-refractivity contribution in [2.24, 2.45) is 0 Å². The largest absolute Gasteiger partial charge is 2.00 e. The maximum Gasteiger partial charge on any atom is 2.00 e. The fourth-order valence-corrected chi connectivity index (χ4v) is 0. The van der Waals surface area contributed by atoms with Crippen molar-refractivity contribution in [2.75, 3.05) is 0 Å². The number of rotatable bonds is 0. The van der Waals surface area contributed by atoms with Crippen molar-refractivity contribution in [3.63, 3.8) is 0 Å². The molecule has 0 rings (SSSR count). The molecule has 0 bridgehead atoms. The maximum atomic E-state index is 8.52. The van der Waals surface area contributed by atoms with E-state index < -0.39 is 29.6 Å². The summed E-state index contributed by atoms with van der Waals surface area (Å²) in [5, 5.41) is 0. The Hall–Kier alpha value is 1.56. The first-order valence-electron chi connectivity index (χ1n) is 0.926. The van der Waals surface area contributed by atoms with Gasteiger partial charge < -0.3 is 36.1 Å². The topological polar surface area (TPSA) is 201 Å². The van der Waals surface area contributed by atoms with Gasteiger partial charge in [-0.2, -0.15) is 0 Å². The van der Waals surface area contributed by atoms with Crippen LogP contribution in [0.25, 0.3) is 0 Å². The van der Waals surface area contributed by atoms with E-state index in [2.05, 4.69) is 0 Å². The van der Waals surface area contributed by atoms with Gasteiger partial charge in [-0.25, -0.2) is 0 Å². The molecule has 68 valence electrons. The van der Waals surface area contributed by atoms with Crippen molar-refractivity contribution in [3.05, 3.63) is 0 Å². The fraction of sp³-hybridized carbons (Fsp3) is 0. The van der Waals surface area contributed by atoms with E-state index in [1.807, 2.05) is 0 Å². The number of hydrogen-bond acceptors (Lipinski definition) is 6. The van der Waals surface area contributed by atoms with Crippen molar-refractivity contribution in [1.29, 1.82) is 0 Å². The number of hydrogen-bond donors (Lipinski definition) is 0. The third-order valence-electron chi connectivity index (χ3n) is 0. The van der Waals surface area contributed by atoms with Crippen LogP contribution in [0, 0.1) is 29.6 Å². The second kappa shape index (κ2) is 22.6. The minimum Gasteiger partial charge on any atom is -0.412 e. The molecule has 0 atom stereocenters. The summed E-state index contributed by atoms with van der Waals surface area (Å²) in [5.74, 6) is 0. The van der Waals surface area contributed by atoms with Crippen molar-refractivity contribution >= 4 is 0 Å². The van der Waals surface area contributed by atoms with E-state index in [9.17, 15) is 0 Å². The van der Waals surface area contributed by atoms with Gasteiger partial charge in [0, 0.05) is 0 Å². The molecule has 0 saturated carbocycles. The van der Waals surface area contributed by atoms with Crippen LogP contribution in [0.15, 0.2) is 0 Å². The molecule has 11 heteroatoms. The predicted molar refractivity (Wildman–Crippen MR) is 7.23 cm³/mol. The van der Waals surface area contributed by atoms with Crippen molar-refractivity contribution < 1.29 is 93.1 Å². The minimum atomic E-state index is -3.65. The van der Waals surface area contributed by atoms with Gasteiger partial charge in [-0.3, -0.25) is 0 Å². The van der Waals surface area contributed by atoms with Crippen molar-refractivity contribution in [1.82, 2.24) is 0 Å². The summed E-state index contributed by atoms with van der Waals surface area (Å²) < 4.78 is 51.1. The average molecular weight is 404 g/mol. The van der Waals surface area contributed by atoms with Crippen LogP contribution in [0.3, 0.4) is 0 Å². The Bertz CT molecular complexity index is 27.6. The van der Waals surface area contributed by atoms with Crippen LogP contribution >= 0.6 is 0 Å². The van der Waals surface area contributed by atoms with Crippen LogP contribution < -0.4 is 25.2 Å². The quantitative estimate of drug-likeness (QED) is 0.358. The molecule has 0 saturated heterocycles. The molecule has 0 spiro atoms. The van der Waals surface area contributed by atoms with E-state index in [1.54, 1.807) is 0 Å². The summed E-state index contributed by atoms with van der Waals surface area (Å²) in [5.41, 5.74) is 0. The molecule has 0 aliphatic rings. The summed E-state index contributed by atoms with van der Waals surface area (Å²) in [6, 6.07) is 0. The zero-order chi connectivity index (χ0) is 7.15. The molecule has 0 aromatic carbocycles.